The lowest BCUT2D eigenvalue weighted by Gasteiger charge is -2.31. The van der Waals surface area contributed by atoms with Crippen LogP contribution in [0.1, 0.15) is 41.6 Å². The number of piperidine rings is 1. The summed E-state index contributed by atoms with van der Waals surface area (Å²) in [6, 6.07) is 12.2. The minimum absolute atomic E-state index is 0.0523. The highest BCUT2D eigenvalue weighted by Crippen LogP contribution is 2.23. The molecule has 30 heavy (non-hydrogen) atoms. The van der Waals surface area contributed by atoms with Crippen molar-refractivity contribution in [2.45, 2.75) is 32.1 Å². The number of benzene rings is 2. The lowest BCUT2D eigenvalue weighted by atomic mass is 9.89. The number of ketones is 1. The zero-order valence-corrected chi connectivity index (χ0v) is 18.1. The molecule has 0 bridgehead atoms. The molecule has 6 heteroatoms. The number of aryl methyl sites for hydroxylation is 2. The number of hydrogen-bond donors (Lipinski definition) is 0. The number of likely N-dealkylation sites (tertiary alicyclic amines) is 1. The number of carbonyl (C=O) groups is 1. The van der Waals surface area contributed by atoms with E-state index in [9.17, 15) is 14.0 Å². The van der Waals surface area contributed by atoms with Gasteiger partial charge in [0.15, 0.2) is 5.78 Å². The standard InChI is InChI=1S/C24H27FN2O2S/c1-26-21-10-5-17(16-22(21)30-24(26)29)4-2-3-13-27-14-11-19(12-15-27)23(28)18-6-8-20(25)9-7-18/h5-10,16,19H,2-4,11-15H2,1H3. The fourth-order valence-corrected chi connectivity index (χ4v) is 5.21. The van der Waals surface area contributed by atoms with Crippen LogP contribution in [0.4, 0.5) is 4.39 Å². The molecule has 1 saturated heterocycles. The van der Waals surface area contributed by atoms with Gasteiger partial charge in [0, 0.05) is 18.5 Å². The fraction of sp³-hybridized carbons (Fsp3) is 0.417. The lowest BCUT2D eigenvalue weighted by molar-refractivity contribution is 0.0839. The molecule has 1 aliphatic rings. The SMILES string of the molecule is Cn1c(=O)sc2cc(CCCCN3CCC(C(=O)c4ccc(F)cc4)CC3)ccc21. The minimum atomic E-state index is -0.305. The highest BCUT2D eigenvalue weighted by molar-refractivity contribution is 7.16. The first-order chi connectivity index (χ1) is 14.5. The first kappa shape index (κ1) is 20.9. The number of nitrogens with zero attached hydrogens (tertiary/aromatic N) is 2. The Morgan fingerprint density at radius 1 is 1.10 bits per heavy atom. The smallest absolute Gasteiger partial charge is 0.303 e. The zero-order valence-electron chi connectivity index (χ0n) is 17.3. The molecule has 0 aliphatic carbocycles. The normalized spacial score (nSPS) is 15.7. The van der Waals surface area contributed by atoms with Crippen LogP contribution in [-0.4, -0.2) is 34.9 Å². The molecule has 158 valence electrons. The van der Waals surface area contributed by atoms with Crippen LogP contribution < -0.4 is 4.87 Å². The third-order valence-corrected chi connectivity index (χ3v) is 7.13. The van der Waals surface area contributed by atoms with E-state index in [1.54, 1.807) is 16.7 Å². The number of unbranched alkanes of at least 4 members (excludes halogenated alkanes) is 1. The Bertz CT molecular complexity index is 1080. The zero-order chi connectivity index (χ0) is 21.1. The van der Waals surface area contributed by atoms with Crippen molar-refractivity contribution in [1.82, 2.24) is 9.47 Å². The van der Waals surface area contributed by atoms with Gasteiger partial charge in [-0.2, -0.15) is 0 Å². The monoisotopic (exact) mass is 426 g/mol. The van der Waals surface area contributed by atoms with Crippen LogP contribution in [0.25, 0.3) is 10.2 Å². The molecular weight excluding hydrogens is 399 g/mol. The van der Waals surface area contributed by atoms with E-state index in [4.69, 9.17) is 0 Å². The highest BCUT2D eigenvalue weighted by Gasteiger charge is 2.25. The first-order valence-electron chi connectivity index (χ1n) is 10.6. The topological polar surface area (TPSA) is 42.3 Å². The molecule has 0 spiro atoms. The average Bonchev–Trinajstić information content (AvgIpc) is 3.05. The summed E-state index contributed by atoms with van der Waals surface area (Å²) in [5, 5.41) is 0. The molecule has 0 atom stereocenters. The molecule has 3 aromatic rings. The van der Waals surface area contributed by atoms with Crippen molar-refractivity contribution in [3.63, 3.8) is 0 Å². The maximum atomic E-state index is 13.1. The van der Waals surface area contributed by atoms with Gasteiger partial charge in [0.25, 0.3) is 0 Å². The highest BCUT2D eigenvalue weighted by atomic mass is 32.1. The van der Waals surface area contributed by atoms with E-state index in [1.165, 1.54) is 29.0 Å². The van der Waals surface area contributed by atoms with Gasteiger partial charge in [0.2, 0.25) is 0 Å². The Morgan fingerprint density at radius 2 is 1.83 bits per heavy atom. The number of fused-ring (bicyclic) bond motifs is 1. The summed E-state index contributed by atoms with van der Waals surface area (Å²) >= 11 is 1.31. The number of hydrogen-bond acceptors (Lipinski definition) is 4. The van der Waals surface area contributed by atoms with Gasteiger partial charge in [-0.15, -0.1) is 0 Å². The maximum absolute atomic E-state index is 13.1. The van der Waals surface area contributed by atoms with Gasteiger partial charge < -0.3 is 9.47 Å². The van der Waals surface area contributed by atoms with E-state index in [2.05, 4.69) is 17.0 Å². The largest absolute Gasteiger partial charge is 0.307 e. The number of carbonyl (C=O) groups excluding carboxylic acids is 1. The third kappa shape index (κ3) is 4.71. The Kier molecular flexibility index (Phi) is 6.44. The van der Waals surface area contributed by atoms with Crippen LogP contribution >= 0.6 is 11.3 Å². The van der Waals surface area contributed by atoms with E-state index in [0.717, 1.165) is 62.0 Å². The van der Waals surface area contributed by atoms with Gasteiger partial charge in [-0.25, -0.2) is 4.39 Å². The maximum Gasteiger partial charge on any atom is 0.307 e. The molecular formula is C24H27FN2O2S. The average molecular weight is 427 g/mol. The summed E-state index contributed by atoms with van der Waals surface area (Å²) in [4.78, 5) is 26.9. The van der Waals surface area contributed by atoms with Crippen molar-refractivity contribution in [2.24, 2.45) is 13.0 Å². The van der Waals surface area contributed by atoms with E-state index >= 15 is 0 Å². The van der Waals surface area contributed by atoms with Crippen molar-refractivity contribution in [1.29, 1.82) is 0 Å². The van der Waals surface area contributed by atoms with Crippen LogP contribution in [0.5, 0.6) is 0 Å². The van der Waals surface area contributed by atoms with Crippen LogP contribution in [0.2, 0.25) is 0 Å². The molecule has 4 nitrogen and oxygen atoms in total. The molecule has 2 aromatic carbocycles. The van der Waals surface area contributed by atoms with Crippen LogP contribution in [0, 0.1) is 11.7 Å². The molecule has 1 aliphatic heterocycles. The van der Waals surface area contributed by atoms with Crippen molar-refractivity contribution in [3.8, 4) is 0 Å². The van der Waals surface area contributed by atoms with Crippen LogP contribution in [0.15, 0.2) is 47.3 Å². The Labute approximate surface area is 179 Å². The second kappa shape index (κ2) is 9.23. The molecule has 1 fully saturated rings. The number of halogens is 1. The molecule has 0 saturated carbocycles. The van der Waals surface area contributed by atoms with E-state index < -0.39 is 0 Å². The molecule has 0 N–H and O–H groups in total. The quantitative estimate of drug-likeness (QED) is 0.408. The van der Waals surface area contributed by atoms with Crippen molar-refractivity contribution < 1.29 is 9.18 Å². The predicted octanol–water partition coefficient (Wildman–Crippen LogP) is 4.66. The number of Topliss-reactive ketones (excluding diaryl/α,β-unsaturated/α-hetero) is 1. The van der Waals surface area contributed by atoms with E-state index in [0.29, 0.717) is 5.56 Å². The summed E-state index contributed by atoms with van der Waals surface area (Å²) in [6.45, 7) is 2.95. The summed E-state index contributed by atoms with van der Waals surface area (Å²) in [5.41, 5.74) is 2.91. The second-order valence-corrected chi connectivity index (χ2v) is 9.17. The van der Waals surface area contributed by atoms with Gasteiger partial charge in [0.05, 0.1) is 10.2 Å². The fourth-order valence-electron chi connectivity index (χ4n) is 4.27. The van der Waals surface area contributed by atoms with Crippen LogP contribution in [-0.2, 0) is 13.5 Å². The number of rotatable bonds is 7. The van der Waals surface area contributed by atoms with Crippen molar-refractivity contribution >= 4 is 27.3 Å². The first-order valence-corrected chi connectivity index (χ1v) is 11.4. The summed E-state index contributed by atoms with van der Waals surface area (Å²) in [7, 11) is 1.82. The predicted molar refractivity (Wildman–Crippen MR) is 120 cm³/mol. The Morgan fingerprint density at radius 3 is 2.57 bits per heavy atom. The molecule has 1 aromatic heterocycles. The Hall–Kier alpha value is -2.31. The molecule has 0 radical (unpaired) electrons. The van der Waals surface area contributed by atoms with Crippen LogP contribution in [0.3, 0.4) is 0 Å². The summed E-state index contributed by atoms with van der Waals surface area (Å²) in [5.74, 6) is -0.106. The van der Waals surface area contributed by atoms with Gasteiger partial charge in [-0.3, -0.25) is 9.59 Å². The lowest BCUT2D eigenvalue weighted by Crippen LogP contribution is -2.37. The summed E-state index contributed by atoms with van der Waals surface area (Å²) in [6.07, 6.45) is 5.01. The molecule has 4 rings (SSSR count). The second-order valence-electron chi connectivity index (χ2n) is 8.17. The van der Waals surface area contributed by atoms with Crippen molar-refractivity contribution in [3.05, 3.63) is 69.1 Å². The van der Waals surface area contributed by atoms with Gasteiger partial charge in [-0.05, 0) is 93.7 Å². The van der Waals surface area contributed by atoms with Crippen molar-refractivity contribution in [2.75, 3.05) is 19.6 Å². The summed E-state index contributed by atoms with van der Waals surface area (Å²) < 4.78 is 15.8. The molecule has 0 unspecified atom stereocenters. The minimum Gasteiger partial charge on any atom is -0.303 e. The van der Waals surface area contributed by atoms with E-state index in [1.807, 2.05) is 13.1 Å². The Balaban J connectivity index is 1.20. The third-order valence-electron chi connectivity index (χ3n) is 6.13. The van der Waals surface area contributed by atoms with Gasteiger partial charge in [0.1, 0.15) is 5.82 Å². The van der Waals surface area contributed by atoms with Gasteiger partial charge >= 0.3 is 4.87 Å². The number of aromatic nitrogens is 1. The van der Waals surface area contributed by atoms with Gasteiger partial charge in [-0.1, -0.05) is 17.4 Å². The number of thiazole rings is 1. The molecule has 0 amide bonds. The molecule has 2 heterocycles. The van der Waals surface area contributed by atoms with E-state index in [-0.39, 0.29) is 22.4 Å².